The fourth-order valence-corrected chi connectivity index (χ4v) is 7.81. The topological polar surface area (TPSA) is 58.8 Å². The molecule has 8 aromatic carbocycles. The molecule has 6 nitrogen and oxygen atoms in total. The highest BCUT2D eigenvalue weighted by Crippen LogP contribution is 2.49. The van der Waals surface area contributed by atoms with Crippen molar-refractivity contribution in [2.45, 2.75) is 0 Å². The quantitative estimate of drug-likeness (QED) is 0.164. The van der Waals surface area contributed by atoms with E-state index in [0.29, 0.717) is 11.5 Å². The first-order chi connectivity index (χ1) is 27.3. The van der Waals surface area contributed by atoms with Crippen molar-refractivity contribution in [1.82, 2.24) is 4.98 Å². The number of benzene rings is 8. The number of anilines is 6. The zero-order valence-electron chi connectivity index (χ0n) is 29.5. The Hall–Kier alpha value is -7.57. The molecule has 0 atom stereocenters. The summed E-state index contributed by atoms with van der Waals surface area (Å²) in [6, 6.07) is 64.1. The van der Waals surface area contributed by atoms with E-state index in [1.807, 2.05) is 78.9 Å². The van der Waals surface area contributed by atoms with Gasteiger partial charge in [-0.05, 0) is 66.7 Å². The Balaban J connectivity index is 1.23. The Bertz CT molecular complexity index is 3170. The van der Waals surface area contributed by atoms with Crippen LogP contribution >= 0.6 is 0 Å². The second-order valence-corrected chi connectivity index (χ2v) is 13.5. The number of nitrogens with zero attached hydrogens (tertiary/aromatic N) is 3. The van der Waals surface area contributed by atoms with Gasteiger partial charge in [0.25, 0.3) is 0 Å². The lowest BCUT2D eigenvalue weighted by molar-refractivity contribution is 0.620. The van der Waals surface area contributed by atoms with Crippen LogP contribution in [0.1, 0.15) is 0 Å². The molecule has 11 aromatic rings. The molecule has 0 aliphatic heterocycles. The van der Waals surface area contributed by atoms with Crippen LogP contribution in [0.25, 0.3) is 66.4 Å². The predicted octanol–water partition coefficient (Wildman–Crippen LogP) is 14.2. The van der Waals surface area contributed by atoms with Gasteiger partial charge >= 0.3 is 0 Å². The van der Waals surface area contributed by atoms with Crippen LogP contribution in [0.15, 0.2) is 201 Å². The molecule has 0 amide bonds. The summed E-state index contributed by atoms with van der Waals surface area (Å²) >= 11 is 0. The van der Waals surface area contributed by atoms with Gasteiger partial charge in [0.2, 0.25) is 5.89 Å². The maximum Gasteiger partial charge on any atom is 0.227 e. The highest BCUT2D eigenvalue weighted by atomic mass is 16.3. The van der Waals surface area contributed by atoms with Crippen molar-refractivity contribution in [2.75, 3.05) is 9.80 Å². The molecule has 11 rings (SSSR count). The van der Waals surface area contributed by atoms with Crippen LogP contribution in [0.5, 0.6) is 0 Å². The summed E-state index contributed by atoms with van der Waals surface area (Å²) in [5, 5.41) is 4.21. The molecule has 0 N–H and O–H groups in total. The van der Waals surface area contributed by atoms with Gasteiger partial charge in [0.05, 0.1) is 22.7 Å². The van der Waals surface area contributed by atoms with E-state index in [-0.39, 0.29) is 0 Å². The van der Waals surface area contributed by atoms with E-state index in [0.717, 1.165) is 89.1 Å². The highest BCUT2D eigenvalue weighted by molar-refractivity contribution is 6.13. The Morgan fingerprint density at radius 1 is 0.345 bits per heavy atom. The van der Waals surface area contributed by atoms with Crippen LogP contribution in [0.4, 0.5) is 34.1 Å². The van der Waals surface area contributed by atoms with Crippen LogP contribution < -0.4 is 9.80 Å². The molecule has 3 heterocycles. The fourth-order valence-electron chi connectivity index (χ4n) is 7.81. The summed E-state index contributed by atoms with van der Waals surface area (Å²) < 4.78 is 20.1. The van der Waals surface area contributed by atoms with Gasteiger partial charge in [0, 0.05) is 44.5 Å². The number of aromatic nitrogens is 1. The van der Waals surface area contributed by atoms with E-state index in [2.05, 4.69) is 119 Å². The second kappa shape index (κ2) is 12.5. The Morgan fingerprint density at radius 3 is 1.44 bits per heavy atom. The standard InChI is InChI=1S/C49H31N3O3/c1-4-16-32(17-5-1)49-50-46-42(52(34-20-8-3-9-21-34)41-27-15-25-39-37-23-11-13-29-44(37)54-48(39)41)30-35(31-45(46)55-49)51(33-18-6-2-7-19-33)40-26-14-24-38-36-22-10-12-28-43(36)53-47(38)40/h1-31H. The van der Waals surface area contributed by atoms with Gasteiger partial charge in [-0.1, -0.05) is 115 Å². The van der Waals surface area contributed by atoms with Gasteiger partial charge in [-0.15, -0.1) is 0 Å². The Kier molecular flexibility index (Phi) is 7.07. The number of oxazole rings is 1. The van der Waals surface area contributed by atoms with E-state index < -0.39 is 0 Å². The minimum Gasteiger partial charge on any atom is -0.454 e. The number of fused-ring (bicyclic) bond motifs is 7. The van der Waals surface area contributed by atoms with E-state index in [1.54, 1.807) is 0 Å². The third-order valence-electron chi connectivity index (χ3n) is 10.3. The molecule has 0 fully saturated rings. The molecule has 0 saturated carbocycles. The number of hydrogen-bond acceptors (Lipinski definition) is 6. The minimum absolute atomic E-state index is 0.537. The van der Waals surface area contributed by atoms with Crippen molar-refractivity contribution < 1.29 is 13.3 Å². The van der Waals surface area contributed by atoms with Gasteiger partial charge in [0.15, 0.2) is 16.7 Å². The molecule has 0 spiro atoms. The zero-order valence-corrected chi connectivity index (χ0v) is 29.5. The summed E-state index contributed by atoms with van der Waals surface area (Å²) in [5.74, 6) is 0.537. The summed E-state index contributed by atoms with van der Waals surface area (Å²) in [6.45, 7) is 0. The Morgan fingerprint density at radius 2 is 0.836 bits per heavy atom. The van der Waals surface area contributed by atoms with Gasteiger partial charge in [-0.3, -0.25) is 0 Å². The average molecular weight is 710 g/mol. The number of rotatable bonds is 7. The first kappa shape index (κ1) is 31.0. The monoisotopic (exact) mass is 709 g/mol. The van der Waals surface area contributed by atoms with Gasteiger partial charge in [0.1, 0.15) is 16.7 Å². The molecule has 0 radical (unpaired) electrons. The molecule has 0 aliphatic carbocycles. The molecule has 0 aliphatic rings. The smallest absolute Gasteiger partial charge is 0.227 e. The maximum absolute atomic E-state index is 6.74. The number of para-hydroxylation sites is 6. The molecule has 0 bridgehead atoms. The number of furan rings is 2. The lowest BCUT2D eigenvalue weighted by atomic mass is 10.1. The Labute approximate surface area is 315 Å². The maximum atomic E-state index is 6.74. The van der Waals surface area contributed by atoms with E-state index in [4.69, 9.17) is 18.2 Å². The van der Waals surface area contributed by atoms with Gasteiger partial charge in [-0.2, -0.15) is 0 Å². The molecule has 3 aromatic heterocycles. The normalized spacial score (nSPS) is 11.6. The highest BCUT2D eigenvalue weighted by Gasteiger charge is 2.27. The lowest BCUT2D eigenvalue weighted by Gasteiger charge is -2.29. The van der Waals surface area contributed by atoms with Gasteiger partial charge in [-0.25, -0.2) is 4.98 Å². The first-order valence-corrected chi connectivity index (χ1v) is 18.3. The van der Waals surface area contributed by atoms with Crippen LogP contribution in [-0.4, -0.2) is 4.98 Å². The second-order valence-electron chi connectivity index (χ2n) is 13.5. The molecule has 55 heavy (non-hydrogen) atoms. The minimum atomic E-state index is 0.537. The van der Waals surface area contributed by atoms with Crippen LogP contribution in [0.3, 0.4) is 0 Å². The van der Waals surface area contributed by atoms with E-state index in [9.17, 15) is 0 Å². The molecule has 260 valence electrons. The number of hydrogen-bond donors (Lipinski definition) is 0. The zero-order chi connectivity index (χ0) is 36.3. The molecule has 0 unspecified atom stereocenters. The molecule has 0 saturated heterocycles. The summed E-state index contributed by atoms with van der Waals surface area (Å²) in [4.78, 5) is 9.70. The van der Waals surface area contributed by atoms with Gasteiger partial charge < -0.3 is 23.1 Å². The van der Waals surface area contributed by atoms with Crippen LogP contribution in [-0.2, 0) is 0 Å². The fraction of sp³-hybridized carbons (Fsp3) is 0. The summed E-state index contributed by atoms with van der Waals surface area (Å²) in [6.07, 6.45) is 0. The largest absolute Gasteiger partial charge is 0.454 e. The van der Waals surface area contributed by atoms with Crippen LogP contribution in [0, 0.1) is 0 Å². The van der Waals surface area contributed by atoms with E-state index in [1.165, 1.54) is 0 Å². The molecule has 6 heteroatoms. The van der Waals surface area contributed by atoms with Crippen molar-refractivity contribution >= 4 is 89.1 Å². The van der Waals surface area contributed by atoms with E-state index >= 15 is 0 Å². The average Bonchev–Trinajstić information content (AvgIpc) is 3.97. The van der Waals surface area contributed by atoms with Crippen molar-refractivity contribution in [3.05, 3.63) is 188 Å². The predicted molar refractivity (Wildman–Crippen MR) is 223 cm³/mol. The van der Waals surface area contributed by atoms with Crippen molar-refractivity contribution in [3.8, 4) is 11.5 Å². The SMILES string of the molecule is c1ccc(-c2nc3c(N(c4ccccc4)c4cccc5c4oc4ccccc45)cc(N(c4ccccc4)c4cccc5c4oc4ccccc45)cc3o2)cc1. The molecular weight excluding hydrogens is 679 g/mol. The third-order valence-corrected chi connectivity index (χ3v) is 10.3. The molecular formula is C49H31N3O3. The summed E-state index contributed by atoms with van der Waals surface area (Å²) in [5.41, 5.74) is 10.9. The van der Waals surface area contributed by atoms with Crippen molar-refractivity contribution in [3.63, 3.8) is 0 Å². The third kappa shape index (κ3) is 5.07. The van der Waals surface area contributed by atoms with Crippen LogP contribution in [0.2, 0.25) is 0 Å². The van der Waals surface area contributed by atoms with Crippen molar-refractivity contribution in [1.29, 1.82) is 0 Å². The lowest BCUT2D eigenvalue weighted by Crippen LogP contribution is -2.14. The van der Waals surface area contributed by atoms with Crippen molar-refractivity contribution in [2.24, 2.45) is 0 Å². The summed E-state index contributed by atoms with van der Waals surface area (Å²) in [7, 11) is 0. The first-order valence-electron chi connectivity index (χ1n) is 18.3.